The van der Waals surface area contributed by atoms with E-state index in [0.29, 0.717) is 12.5 Å². The molecule has 5 heteroatoms. The molecule has 2 heterocycles. The molecule has 0 aromatic carbocycles. The third-order valence-electron chi connectivity index (χ3n) is 2.57. The van der Waals surface area contributed by atoms with Crippen molar-refractivity contribution in [1.82, 2.24) is 19.7 Å². The van der Waals surface area contributed by atoms with Gasteiger partial charge >= 0.3 is 0 Å². The van der Waals surface area contributed by atoms with E-state index in [1.165, 1.54) is 5.69 Å². The average Bonchev–Trinajstić information content (AvgIpc) is 2.75. The van der Waals surface area contributed by atoms with E-state index >= 15 is 0 Å². The van der Waals surface area contributed by atoms with Gasteiger partial charge in [0.1, 0.15) is 11.4 Å². The topological polar surface area (TPSA) is 69.6 Å². The lowest BCUT2D eigenvalue weighted by Gasteiger charge is -2.07. The van der Waals surface area contributed by atoms with Crippen molar-refractivity contribution in [3.63, 3.8) is 0 Å². The van der Waals surface area contributed by atoms with Crippen molar-refractivity contribution < 1.29 is 0 Å². The largest absolute Gasteiger partial charge is 0.329 e. The maximum absolute atomic E-state index is 5.59. The Hall–Kier alpha value is -1.75. The van der Waals surface area contributed by atoms with Gasteiger partial charge in [-0.3, -0.25) is 14.6 Å². The van der Waals surface area contributed by atoms with E-state index in [1.54, 1.807) is 18.6 Å². The van der Waals surface area contributed by atoms with Crippen LogP contribution in [0.4, 0.5) is 0 Å². The smallest absolute Gasteiger partial charge is 0.113 e. The Morgan fingerprint density at radius 3 is 2.71 bits per heavy atom. The first kappa shape index (κ1) is 11.7. The van der Waals surface area contributed by atoms with Gasteiger partial charge in [-0.05, 0) is 12.0 Å². The quantitative estimate of drug-likeness (QED) is 0.864. The molecule has 0 amide bonds. The Kier molecular flexibility index (Phi) is 3.49. The van der Waals surface area contributed by atoms with E-state index in [9.17, 15) is 0 Å². The Labute approximate surface area is 101 Å². The number of rotatable bonds is 4. The molecule has 5 nitrogen and oxygen atoms in total. The van der Waals surface area contributed by atoms with Crippen molar-refractivity contribution >= 4 is 0 Å². The summed E-state index contributed by atoms with van der Waals surface area (Å²) in [5.41, 5.74) is 8.42. The van der Waals surface area contributed by atoms with Gasteiger partial charge in [0.2, 0.25) is 0 Å². The van der Waals surface area contributed by atoms with Crippen molar-refractivity contribution in [2.24, 2.45) is 5.73 Å². The van der Waals surface area contributed by atoms with Crippen molar-refractivity contribution in [3.8, 4) is 11.4 Å². The monoisotopic (exact) mass is 231 g/mol. The summed E-state index contributed by atoms with van der Waals surface area (Å²) in [5, 5.41) is 4.53. The van der Waals surface area contributed by atoms with Gasteiger partial charge in [0.25, 0.3) is 0 Å². The van der Waals surface area contributed by atoms with Crippen LogP contribution in [-0.4, -0.2) is 26.3 Å². The Morgan fingerprint density at radius 2 is 2.12 bits per heavy atom. The molecule has 0 fully saturated rings. The van der Waals surface area contributed by atoms with E-state index in [-0.39, 0.29) is 0 Å². The number of hydrogen-bond acceptors (Lipinski definition) is 4. The van der Waals surface area contributed by atoms with Gasteiger partial charge in [0, 0.05) is 24.6 Å². The fraction of sp³-hybridized carbons (Fsp3) is 0.417. The van der Waals surface area contributed by atoms with Crippen LogP contribution in [0.15, 0.2) is 24.7 Å². The molecule has 17 heavy (non-hydrogen) atoms. The summed E-state index contributed by atoms with van der Waals surface area (Å²) in [6.07, 6.45) is 5.05. The summed E-state index contributed by atoms with van der Waals surface area (Å²) in [4.78, 5) is 8.31. The van der Waals surface area contributed by atoms with Gasteiger partial charge in [0.15, 0.2) is 0 Å². The van der Waals surface area contributed by atoms with Crippen LogP contribution in [0.5, 0.6) is 0 Å². The molecule has 2 rings (SSSR count). The summed E-state index contributed by atoms with van der Waals surface area (Å²) in [6, 6.07) is 2.06. The first-order valence-electron chi connectivity index (χ1n) is 5.76. The van der Waals surface area contributed by atoms with Crippen LogP contribution in [0, 0.1) is 0 Å². The lowest BCUT2D eigenvalue weighted by molar-refractivity contribution is 0.576. The van der Waals surface area contributed by atoms with Crippen molar-refractivity contribution in [2.75, 3.05) is 6.54 Å². The first-order chi connectivity index (χ1) is 8.22. The minimum absolute atomic E-state index is 0.416. The van der Waals surface area contributed by atoms with Crippen LogP contribution < -0.4 is 5.73 Å². The van der Waals surface area contributed by atoms with E-state index in [1.807, 2.05) is 4.68 Å². The minimum atomic E-state index is 0.416. The fourth-order valence-electron chi connectivity index (χ4n) is 1.75. The summed E-state index contributed by atoms with van der Waals surface area (Å²) in [6.45, 7) is 5.60. The van der Waals surface area contributed by atoms with E-state index in [4.69, 9.17) is 5.73 Å². The van der Waals surface area contributed by atoms with Gasteiger partial charge < -0.3 is 5.73 Å². The molecule has 0 aliphatic heterocycles. The SMILES string of the molecule is CC(C)c1cc(-c2cnccn2)nn1CCN. The van der Waals surface area contributed by atoms with Crippen LogP contribution in [0.3, 0.4) is 0 Å². The molecule has 0 bridgehead atoms. The molecular weight excluding hydrogens is 214 g/mol. The molecule has 0 spiro atoms. The predicted molar refractivity (Wildman–Crippen MR) is 66.4 cm³/mol. The molecule has 2 aromatic heterocycles. The van der Waals surface area contributed by atoms with E-state index in [0.717, 1.165) is 17.9 Å². The second-order valence-electron chi connectivity index (χ2n) is 4.21. The maximum Gasteiger partial charge on any atom is 0.113 e. The number of aromatic nitrogens is 4. The average molecular weight is 231 g/mol. The molecule has 2 aromatic rings. The van der Waals surface area contributed by atoms with Crippen LogP contribution in [0.1, 0.15) is 25.5 Å². The summed E-state index contributed by atoms with van der Waals surface area (Å²) >= 11 is 0. The third kappa shape index (κ3) is 2.50. The van der Waals surface area contributed by atoms with Crippen molar-refractivity contribution in [1.29, 1.82) is 0 Å². The molecule has 90 valence electrons. The highest BCUT2D eigenvalue weighted by molar-refractivity contribution is 5.53. The molecule has 0 saturated heterocycles. The van der Waals surface area contributed by atoms with Gasteiger partial charge in [-0.1, -0.05) is 13.8 Å². The standard InChI is InChI=1S/C12H17N5/c1-9(2)12-7-10(16-17(12)6-3-13)11-8-14-4-5-15-11/h4-5,7-9H,3,6,13H2,1-2H3. The van der Waals surface area contributed by atoms with Crippen LogP contribution >= 0.6 is 0 Å². The molecule has 0 aliphatic rings. The second-order valence-corrected chi connectivity index (χ2v) is 4.21. The van der Waals surface area contributed by atoms with E-state index < -0.39 is 0 Å². The first-order valence-corrected chi connectivity index (χ1v) is 5.76. The van der Waals surface area contributed by atoms with Gasteiger partial charge in [-0.15, -0.1) is 0 Å². The van der Waals surface area contributed by atoms with Gasteiger partial charge in [-0.25, -0.2) is 0 Å². The van der Waals surface area contributed by atoms with E-state index in [2.05, 4.69) is 35.0 Å². The molecule has 0 aliphatic carbocycles. The molecule has 2 N–H and O–H groups in total. The van der Waals surface area contributed by atoms with Crippen molar-refractivity contribution in [2.45, 2.75) is 26.3 Å². The molecule has 0 atom stereocenters. The van der Waals surface area contributed by atoms with Gasteiger partial charge in [-0.2, -0.15) is 5.10 Å². The summed E-state index contributed by atoms with van der Waals surface area (Å²) < 4.78 is 1.95. The maximum atomic E-state index is 5.59. The molecule has 0 radical (unpaired) electrons. The highest BCUT2D eigenvalue weighted by atomic mass is 15.3. The lowest BCUT2D eigenvalue weighted by atomic mass is 10.1. The number of nitrogens with zero attached hydrogens (tertiary/aromatic N) is 4. The van der Waals surface area contributed by atoms with Crippen LogP contribution in [-0.2, 0) is 6.54 Å². The zero-order valence-electron chi connectivity index (χ0n) is 10.2. The zero-order chi connectivity index (χ0) is 12.3. The summed E-state index contributed by atoms with van der Waals surface area (Å²) in [7, 11) is 0. The second kappa shape index (κ2) is 5.05. The van der Waals surface area contributed by atoms with Crippen molar-refractivity contribution in [3.05, 3.63) is 30.4 Å². The predicted octanol–water partition coefficient (Wildman–Crippen LogP) is 1.42. The normalized spacial score (nSPS) is 11.1. The van der Waals surface area contributed by atoms with Crippen LogP contribution in [0.25, 0.3) is 11.4 Å². The van der Waals surface area contributed by atoms with Crippen LogP contribution in [0.2, 0.25) is 0 Å². The lowest BCUT2D eigenvalue weighted by Crippen LogP contribution is -2.14. The number of nitrogens with two attached hydrogens (primary N) is 1. The molecule has 0 saturated carbocycles. The Balaban J connectivity index is 2.40. The fourth-order valence-corrected chi connectivity index (χ4v) is 1.75. The highest BCUT2D eigenvalue weighted by Gasteiger charge is 2.12. The third-order valence-corrected chi connectivity index (χ3v) is 2.57. The zero-order valence-corrected chi connectivity index (χ0v) is 10.2. The number of hydrogen-bond donors (Lipinski definition) is 1. The highest BCUT2D eigenvalue weighted by Crippen LogP contribution is 2.21. The summed E-state index contributed by atoms with van der Waals surface area (Å²) in [5.74, 6) is 0.416. The Morgan fingerprint density at radius 1 is 1.29 bits per heavy atom. The minimum Gasteiger partial charge on any atom is -0.329 e. The van der Waals surface area contributed by atoms with Gasteiger partial charge in [0.05, 0.1) is 12.7 Å². The Bertz CT molecular complexity index is 475. The molecular formula is C12H17N5. The molecule has 0 unspecified atom stereocenters.